The molecular weight excluding hydrogens is 136 g/mol. The zero-order chi connectivity index (χ0) is 7.84. The molecule has 64 valence electrons. The molecule has 2 nitrogen and oxygen atoms in total. The highest BCUT2D eigenvalue weighted by molar-refractivity contribution is 4.91. The Labute approximate surface area is 68.3 Å². The van der Waals surface area contributed by atoms with Gasteiger partial charge in [0.25, 0.3) is 0 Å². The standard InChI is InChI=1S/C9H18N2/c10-8-3-1-6-5-7(8)2-4-9(6)11/h6-9H,1-5,10-11H2/t6-,7-,8-,9-/m0/s1. The third kappa shape index (κ3) is 1.30. The highest BCUT2D eigenvalue weighted by atomic mass is 14.7. The van der Waals surface area contributed by atoms with Gasteiger partial charge in [-0.05, 0) is 43.9 Å². The van der Waals surface area contributed by atoms with Crippen molar-refractivity contribution in [3.8, 4) is 0 Å². The Hall–Kier alpha value is -0.0800. The maximum absolute atomic E-state index is 5.99. The van der Waals surface area contributed by atoms with Gasteiger partial charge in [0.05, 0.1) is 0 Å². The van der Waals surface area contributed by atoms with E-state index in [4.69, 9.17) is 11.5 Å². The summed E-state index contributed by atoms with van der Waals surface area (Å²) in [5.41, 5.74) is 12.0. The van der Waals surface area contributed by atoms with E-state index in [-0.39, 0.29) is 0 Å². The summed E-state index contributed by atoms with van der Waals surface area (Å²) in [5.74, 6) is 1.60. The molecule has 2 rings (SSSR count). The molecule has 2 aliphatic rings. The van der Waals surface area contributed by atoms with E-state index in [2.05, 4.69) is 0 Å². The van der Waals surface area contributed by atoms with Gasteiger partial charge in [-0.2, -0.15) is 0 Å². The quantitative estimate of drug-likeness (QED) is 0.543. The van der Waals surface area contributed by atoms with Crippen molar-refractivity contribution in [2.75, 3.05) is 0 Å². The van der Waals surface area contributed by atoms with Crippen LogP contribution in [-0.4, -0.2) is 12.1 Å². The zero-order valence-corrected chi connectivity index (χ0v) is 7.00. The molecule has 2 fully saturated rings. The molecule has 0 aromatic rings. The van der Waals surface area contributed by atoms with E-state index in [0.29, 0.717) is 12.1 Å². The van der Waals surface area contributed by atoms with Gasteiger partial charge in [0.1, 0.15) is 0 Å². The maximum Gasteiger partial charge on any atom is 0.00673 e. The first-order chi connectivity index (χ1) is 5.27. The summed E-state index contributed by atoms with van der Waals surface area (Å²) in [6.07, 6.45) is 6.28. The van der Waals surface area contributed by atoms with Gasteiger partial charge in [-0.1, -0.05) is 0 Å². The van der Waals surface area contributed by atoms with Crippen molar-refractivity contribution in [2.45, 2.75) is 44.2 Å². The molecule has 0 aromatic carbocycles. The van der Waals surface area contributed by atoms with Gasteiger partial charge in [0.15, 0.2) is 0 Å². The van der Waals surface area contributed by atoms with Gasteiger partial charge in [-0.3, -0.25) is 0 Å². The van der Waals surface area contributed by atoms with Crippen molar-refractivity contribution in [2.24, 2.45) is 23.3 Å². The first kappa shape index (κ1) is 7.56. The van der Waals surface area contributed by atoms with E-state index in [9.17, 15) is 0 Å². The number of fused-ring (bicyclic) bond motifs is 2. The molecule has 0 aromatic heterocycles. The molecule has 4 N–H and O–H groups in total. The smallest absolute Gasteiger partial charge is 0.00673 e. The Bertz CT molecular complexity index is 130. The normalized spacial score (nSPS) is 50.7. The maximum atomic E-state index is 5.99. The fourth-order valence-corrected chi connectivity index (χ4v) is 2.69. The molecule has 2 aliphatic carbocycles. The van der Waals surface area contributed by atoms with Crippen LogP contribution in [0, 0.1) is 11.8 Å². The second-order valence-electron chi connectivity index (χ2n) is 4.24. The van der Waals surface area contributed by atoms with E-state index in [1.807, 2.05) is 0 Å². The van der Waals surface area contributed by atoms with Crippen LogP contribution in [0.1, 0.15) is 32.1 Å². The number of rotatable bonds is 0. The van der Waals surface area contributed by atoms with Gasteiger partial charge < -0.3 is 11.5 Å². The summed E-state index contributed by atoms with van der Waals surface area (Å²) >= 11 is 0. The number of nitrogens with two attached hydrogens (primary N) is 2. The lowest BCUT2D eigenvalue weighted by atomic mass is 9.68. The van der Waals surface area contributed by atoms with E-state index >= 15 is 0 Å². The minimum absolute atomic E-state index is 0.485. The molecule has 0 radical (unpaired) electrons. The van der Waals surface area contributed by atoms with Gasteiger partial charge in [-0.25, -0.2) is 0 Å². The second kappa shape index (κ2) is 2.76. The topological polar surface area (TPSA) is 52.0 Å². The third-order valence-electron chi connectivity index (χ3n) is 3.56. The molecule has 4 atom stereocenters. The Morgan fingerprint density at radius 1 is 0.727 bits per heavy atom. The van der Waals surface area contributed by atoms with Crippen LogP contribution in [0.15, 0.2) is 0 Å². The average Bonchev–Trinajstić information content (AvgIpc) is 2.02. The minimum Gasteiger partial charge on any atom is -0.327 e. The van der Waals surface area contributed by atoms with Crippen LogP contribution in [-0.2, 0) is 0 Å². The van der Waals surface area contributed by atoms with Crippen molar-refractivity contribution < 1.29 is 0 Å². The molecule has 0 spiro atoms. The fraction of sp³-hybridized carbons (Fsp3) is 1.00. The largest absolute Gasteiger partial charge is 0.327 e. The first-order valence-electron chi connectivity index (χ1n) is 4.78. The van der Waals surface area contributed by atoms with Crippen molar-refractivity contribution >= 4 is 0 Å². The van der Waals surface area contributed by atoms with Gasteiger partial charge in [-0.15, -0.1) is 0 Å². The molecule has 0 heterocycles. The highest BCUT2D eigenvalue weighted by Crippen LogP contribution is 2.38. The van der Waals surface area contributed by atoms with Crippen LogP contribution in [0.5, 0.6) is 0 Å². The summed E-state index contributed by atoms with van der Waals surface area (Å²) in [6, 6.07) is 0.970. The Kier molecular flexibility index (Phi) is 1.90. The van der Waals surface area contributed by atoms with Crippen molar-refractivity contribution in [3.63, 3.8) is 0 Å². The summed E-state index contributed by atoms with van der Waals surface area (Å²) in [5, 5.41) is 0. The van der Waals surface area contributed by atoms with Gasteiger partial charge >= 0.3 is 0 Å². The van der Waals surface area contributed by atoms with Crippen molar-refractivity contribution in [1.82, 2.24) is 0 Å². The predicted molar refractivity (Wildman–Crippen MR) is 46.0 cm³/mol. The lowest BCUT2D eigenvalue weighted by molar-refractivity contribution is 0.143. The molecule has 0 aliphatic heterocycles. The van der Waals surface area contributed by atoms with Crippen LogP contribution in [0.3, 0.4) is 0 Å². The summed E-state index contributed by atoms with van der Waals surface area (Å²) in [6.45, 7) is 0. The molecule has 2 heteroatoms. The van der Waals surface area contributed by atoms with Crippen LogP contribution in [0.2, 0.25) is 0 Å². The Morgan fingerprint density at radius 2 is 1.18 bits per heavy atom. The molecule has 0 saturated heterocycles. The summed E-state index contributed by atoms with van der Waals surface area (Å²) in [7, 11) is 0. The fourth-order valence-electron chi connectivity index (χ4n) is 2.69. The van der Waals surface area contributed by atoms with Crippen LogP contribution >= 0.6 is 0 Å². The van der Waals surface area contributed by atoms with Crippen molar-refractivity contribution in [3.05, 3.63) is 0 Å². The van der Waals surface area contributed by atoms with E-state index < -0.39 is 0 Å². The second-order valence-corrected chi connectivity index (χ2v) is 4.24. The molecular formula is C9H18N2. The zero-order valence-electron chi connectivity index (χ0n) is 7.00. The summed E-state index contributed by atoms with van der Waals surface area (Å²) < 4.78 is 0. The summed E-state index contributed by atoms with van der Waals surface area (Å²) in [4.78, 5) is 0. The monoisotopic (exact) mass is 154 g/mol. The van der Waals surface area contributed by atoms with E-state index in [0.717, 1.165) is 11.8 Å². The van der Waals surface area contributed by atoms with E-state index in [1.54, 1.807) is 0 Å². The van der Waals surface area contributed by atoms with Gasteiger partial charge in [0, 0.05) is 12.1 Å². The predicted octanol–water partition coefficient (Wildman–Crippen LogP) is 0.851. The van der Waals surface area contributed by atoms with Crippen LogP contribution < -0.4 is 11.5 Å². The molecule has 2 saturated carbocycles. The van der Waals surface area contributed by atoms with Gasteiger partial charge in [0.2, 0.25) is 0 Å². The SMILES string of the molecule is N[C@H]1CC[C@H]2C[C@@H]1CC[C@@H]2N. The third-order valence-corrected chi connectivity index (χ3v) is 3.56. The van der Waals surface area contributed by atoms with Crippen LogP contribution in [0.25, 0.3) is 0 Å². The molecule has 2 bridgehead atoms. The minimum atomic E-state index is 0.485. The molecule has 11 heavy (non-hydrogen) atoms. The lowest BCUT2D eigenvalue weighted by Gasteiger charge is -2.41. The number of hydrogen-bond acceptors (Lipinski definition) is 2. The van der Waals surface area contributed by atoms with E-state index in [1.165, 1.54) is 32.1 Å². The average molecular weight is 154 g/mol. The number of hydrogen-bond donors (Lipinski definition) is 2. The molecule has 0 unspecified atom stereocenters. The Morgan fingerprint density at radius 3 is 1.64 bits per heavy atom. The molecule has 0 amide bonds. The van der Waals surface area contributed by atoms with Crippen molar-refractivity contribution in [1.29, 1.82) is 0 Å². The highest BCUT2D eigenvalue weighted by Gasteiger charge is 2.35. The first-order valence-corrected chi connectivity index (χ1v) is 4.78. The lowest BCUT2D eigenvalue weighted by Crippen LogP contribution is -2.46. The van der Waals surface area contributed by atoms with Crippen LogP contribution in [0.4, 0.5) is 0 Å². The Balaban J connectivity index is 2.02.